The third-order valence-electron chi connectivity index (χ3n) is 2.23. The lowest BCUT2D eigenvalue weighted by Gasteiger charge is -1.92. The highest BCUT2D eigenvalue weighted by molar-refractivity contribution is 7.14. The Bertz CT molecular complexity index is 409. The van der Waals surface area contributed by atoms with Crippen molar-refractivity contribution in [3.8, 4) is 10.6 Å². The van der Waals surface area contributed by atoms with E-state index < -0.39 is 0 Å². The summed E-state index contributed by atoms with van der Waals surface area (Å²) < 4.78 is 0. The Kier molecular flexibility index (Phi) is 3.45. The van der Waals surface area contributed by atoms with Gasteiger partial charge >= 0.3 is 0 Å². The average Bonchev–Trinajstić information content (AvgIpc) is 2.76. The van der Waals surface area contributed by atoms with Gasteiger partial charge in [-0.2, -0.15) is 0 Å². The Balaban J connectivity index is 2.14. The Labute approximate surface area is 94.0 Å². The van der Waals surface area contributed by atoms with E-state index in [1.54, 1.807) is 11.3 Å². The van der Waals surface area contributed by atoms with Gasteiger partial charge in [0.15, 0.2) is 0 Å². The standard InChI is InChI=1S/C12H14N2S/c1-2-3-9-11-13-14-12(15-11)10-7-5-4-6-8-10/h4-8H,2-3,9H2,1H3. The topological polar surface area (TPSA) is 25.8 Å². The maximum Gasteiger partial charge on any atom is 0.147 e. The molecule has 1 aromatic heterocycles. The van der Waals surface area contributed by atoms with E-state index in [0.717, 1.165) is 22.0 Å². The van der Waals surface area contributed by atoms with Crippen LogP contribution in [0.25, 0.3) is 10.6 Å². The minimum absolute atomic E-state index is 1.03. The molecule has 0 saturated carbocycles. The minimum Gasteiger partial charge on any atom is -0.143 e. The van der Waals surface area contributed by atoms with Crippen LogP contribution in [0.2, 0.25) is 0 Å². The first-order valence-corrected chi connectivity index (χ1v) is 6.09. The number of benzene rings is 1. The molecule has 0 atom stereocenters. The molecule has 0 aliphatic heterocycles. The number of rotatable bonds is 4. The molecule has 0 spiro atoms. The van der Waals surface area contributed by atoms with Crippen LogP contribution >= 0.6 is 11.3 Å². The molecule has 0 bridgehead atoms. The maximum atomic E-state index is 4.21. The minimum atomic E-state index is 1.03. The van der Waals surface area contributed by atoms with E-state index in [1.165, 1.54) is 12.8 Å². The van der Waals surface area contributed by atoms with Crippen molar-refractivity contribution in [2.45, 2.75) is 26.2 Å². The lowest BCUT2D eigenvalue weighted by Crippen LogP contribution is -1.82. The van der Waals surface area contributed by atoms with Crippen LogP contribution in [0, 0.1) is 0 Å². The lowest BCUT2D eigenvalue weighted by atomic mass is 10.2. The van der Waals surface area contributed by atoms with Gasteiger partial charge in [-0.25, -0.2) is 0 Å². The van der Waals surface area contributed by atoms with E-state index in [4.69, 9.17) is 0 Å². The molecule has 1 heterocycles. The third kappa shape index (κ3) is 2.63. The largest absolute Gasteiger partial charge is 0.147 e. The van der Waals surface area contributed by atoms with E-state index in [-0.39, 0.29) is 0 Å². The molecular weight excluding hydrogens is 204 g/mol. The van der Waals surface area contributed by atoms with Crippen molar-refractivity contribution >= 4 is 11.3 Å². The van der Waals surface area contributed by atoms with Crippen molar-refractivity contribution < 1.29 is 0 Å². The molecule has 2 aromatic rings. The first-order valence-electron chi connectivity index (χ1n) is 5.28. The van der Waals surface area contributed by atoms with Gasteiger partial charge in [0.2, 0.25) is 0 Å². The molecule has 0 N–H and O–H groups in total. The highest BCUT2D eigenvalue weighted by atomic mass is 32.1. The highest BCUT2D eigenvalue weighted by Gasteiger charge is 2.04. The van der Waals surface area contributed by atoms with Crippen LogP contribution < -0.4 is 0 Å². The van der Waals surface area contributed by atoms with E-state index in [2.05, 4.69) is 29.3 Å². The predicted octanol–water partition coefficient (Wildman–Crippen LogP) is 3.55. The monoisotopic (exact) mass is 218 g/mol. The summed E-state index contributed by atoms with van der Waals surface area (Å²) in [6, 6.07) is 10.2. The number of aromatic nitrogens is 2. The van der Waals surface area contributed by atoms with Crippen molar-refractivity contribution in [3.05, 3.63) is 35.3 Å². The maximum absolute atomic E-state index is 4.21. The zero-order chi connectivity index (χ0) is 10.5. The van der Waals surface area contributed by atoms with Gasteiger partial charge in [0.25, 0.3) is 0 Å². The number of aryl methyl sites for hydroxylation is 1. The Morgan fingerprint density at radius 3 is 2.67 bits per heavy atom. The summed E-state index contributed by atoms with van der Waals surface area (Å²) in [6.45, 7) is 2.19. The van der Waals surface area contributed by atoms with Gasteiger partial charge in [0.05, 0.1) is 0 Å². The molecule has 0 fully saturated rings. The van der Waals surface area contributed by atoms with Crippen LogP contribution in [-0.2, 0) is 6.42 Å². The average molecular weight is 218 g/mol. The smallest absolute Gasteiger partial charge is 0.143 e. The number of nitrogens with zero attached hydrogens (tertiary/aromatic N) is 2. The molecule has 0 aliphatic carbocycles. The van der Waals surface area contributed by atoms with Gasteiger partial charge < -0.3 is 0 Å². The second-order valence-corrected chi connectivity index (χ2v) is 4.53. The van der Waals surface area contributed by atoms with E-state index in [9.17, 15) is 0 Å². The summed E-state index contributed by atoms with van der Waals surface area (Å²) in [5.74, 6) is 0. The van der Waals surface area contributed by atoms with Crippen molar-refractivity contribution in [3.63, 3.8) is 0 Å². The van der Waals surface area contributed by atoms with Gasteiger partial charge in [0.1, 0.15) is 10.0 Å². The van der Waals surface area contributed by atoms with Crippen LogP contribution in [-0.4, -0.2) is 10.2 Å². The second-order valence-electron chi connectivity index (χ2n) is 3.47. The van der Waals surface area contributed by atoms with Gasteiger partial charge in [0, 0.05) is 12.0 Å². The molecule has 0 radical (unpaired) electrons. The molecule has 0 aliphatic rings. The molecule has 2 nitrogen and oxygen atoms in total. The van der Waals surface area contributed by atoms with E-state index in [1.807, 2.05) is 18.2 Å². The first kappa shape index (κ1) is 10.3. The highest BCUT2D eigenvalue weighted by Crippen LogP contribution is 2.23. The van der Waals surface area contributed by atoms with Gasteiger partial charge in [-0.15, -0.1) is 10.2 Å². The molecule has 1 aromatic carbocycles. The summed E-state index contributed by atoms with van der Waals surface area (Å²) in [6.07, 6.45) is 3.46. The fourth-order valence-electron chi connectivity index (χ4n) is 1.38. The van der Waals surface area contributed by atoms with E-state index >= 15 is 0 Å². The quantitative estimate of drug-likeness (QED) is 0.784. The summed E-state index contributed by atoms with van der Waals surface area (Å²) in [5.41, 5.74) is 1.16. The van der Waals surface area contributed by atoms with Crippen molar-refractivity contribution in [1.82, 2.24) is 10.2 Å². The normalized spacial score (nSPS) is 10.5. The van der Waals surface area contributed by atoms with Gasteiger partial charge in [-0.05, 0) is 6.42 Å². The lowest BCUT2D eigenvalue weighted by molar-refractivity contribution is 0.780. The van der Waals surface area contributed by atoms with Crippen LogP contribution in [0.15, 0.2) is 30.3 Å². The fraction of sp³-hybridized carbons (Fsp3) is 0.333. The van der Waals surface area contributed by atoms with Crippen LogP contribution in [0.4, 0.5) is 0 Å². The molecule has 0 unspecified atom stereocenters. The van der Waals surface area contributed by atoms with Crippen molar-refractivity contribution in [1.29, 1.82) is 0 Å². The van der Waals surface area contributed by atoms with Crippen molar-refractivity contribution in [2.75, 3.05) is 0 Å². The zero-order valence-corrected chi connectivity index (χ0v) is 9.63. The predicted molar refractivity (Wildman–Crippen MR) is 64.0 cm³/mol. The van der Waals surface area contributed by atoms with Crippen LogP contribution in [0.3, 0.4) is 0 Å². The summed E-state index contributed by atoms with van der Waals surface area (Å²) in [7, 11) is 0. The Morgan fingerprint density at radius 1 is 1.13 bits per heavy atom. The molecular formula is C12H14N2S. The Hall–Kier alpha value is -1.22. The molecule has 2 rings (SSSR count). The van der Waals surface area contributed by atoms with Gasteiger partial charge in [-0.3, -0.25) is 0 Å². The number of unbranched alkanes of at least 4 members (excludes halogenated alkanes) is 1. The number of hydrogen-bond acceptors (Lipinski definition) is 3. The first-order chi connectivity index (χ1) is 7.40. The second kappa shape index (κ2) is 5.03. The zero-order valence-electron chi connectivity index (χ0n) is 8.81. The van der Waals surface area contributed by atoms with E-state index in [0.29, 0.717) is 0 Å². The number of hydrogen-bond donors (Lipinski definition) is 0. The molecule has 3 heteroatoms. The SMILES string of the molecule is CCCCc1nnc(-c2ccccc2)s1. The van der Waals surface area contributed by atoms with Crippen molar-refractivity contribution in [2.24, 2.45) is 0 Å². The summed E-state index contributed by atoms with van der Waals surface area (Å²) in [5, 5.41) is 10.6. The summed E-state index contributed by atoms with van der Waals surface area (Å²) in [4.78, 5) is 0. The fourth-order valence-corrected chi connectivity index (χ4v) is 2.27. The summed E-state index contributed by atoms with van der Waals surface area (Å²) >= 11 is 1.70. The Morgan fingerprint density at radius 2 is 1.93 bits per heavy atom. The molecule has 15 heavy (non-hydrogen) atoms. The van der Waals surface area contributed by atoms with Gasteiger partial charge in [-0.1, -0.05) is 55.0 Å². The molecule has 0 amide bonds. The third-order valence-corrected chi connectivity index (χ3v) is 3.26. The van der Waals surface area contributed by atoms with Crippen LogP contribution in [0.1, 0.15) is 24.8 Å². The van der Waals surface area contributed by atoms with Crippen LogP contribution in [0.5, 0.6) is 0 Å². The molecule has 0 saturated heterocycles. The molecule has 78 valence electrons.